The average Bonchev–Trinajstić information content (AvgIpc) is 3.75. The number of rotatable bonds is 14. The third kappa shape index (κ3) is 8.53. The lowest BCUT2D eigenvalue weighted by atomic mass is 9.93. The van der Waals surface area contributed by atoms with Crippen LogP contribution in [0.25, 0.3) is 0 Å². The molecule has 0 radical (unpaired) electrons. The Bertz CT molecular complexity index is 1360. The molecule has 1 saturated heterocycles. The molecule has 10 nitrogen and oxygen atoms in total. The lowest BCUT2D eigenvalue weighted by Crippen LogP contribution is -2.50. The lowest BCUT2D eigenvalue weighted by molar-refractivity contribution is -0.131. The molecule has 3 N–H and O–H groups in total. The zero-order chi connectivity index (χ0) is 30.1. The number of nitrogens with one attached hydrogen (secondary N) is 3. The van der Waals surface area contributed by atoms with Crippen molar-refractivity contribution in [3.8, 4) is 0 Å². The highest BCUT2D eigenvalue weighted by molar-refractivity contribution is 5.97. The Hall–Kier alpha value is -4.44. The Morgan fingerprint density at radius 3 is 2.17 bits per heavy atom. The second-order valence-corrected chi connectivity index (χ2v) is 11.1. The molecule has 1 aliphatic rings. The second kappa shape index (κ2) is 14.0. The predicted molar refractivity (Wildman–Crippen MR) is 156 cm³/mol. The van der Waals surface area contributed by atoms with Gasteiger partial charge in [0.05, 0.1) is 31.3 Å². The minimum atomic E-state index is -0.960. The van der Waals surface area contributed by atoms with Crippen molar-refractivity contribution in [2.45, 2.75) is 63.8 Å². The average molecular weight is 572 g/mol. The standard InChI is InChI=1S/C32H37N5O5/c1-21(2)16-25(29(39)32(3)20-42-32)35-28(38)18-24(23-12-8-5-9-13-23)36-30(40)26(17-22-10-6-4-7-11-22)37-31(41)27-19-33-14-15-34-27/h4-15,19,21,24-26H,16-18,20H2,1-3H3,(H,35,38)(H,36,40)(H,37,41)/t24?,25-,26-,32+/m0/s1. The summed E-state index contributed by atoms with van der Waals surface area (Å²) in [6, 6.07) is 16.1. The van der Waals surface area contributed by atoms with Crippen LogP contribution in [0.5, 0.6) is 0 Å². The summed E-state index contributed by atoms with van der Waals surface area (Å²) in [5.74, 6) is -1.37. The Morgan fingerprint density at radius 1 is 0.905 bits per heavy atom. The van der Waals surface area contributed by atoms with Crippen molar-refractivity contribution < 1.29 is 23.9 Å². The molecule has 4 atom stereocenters. The van der Waals surface area contributed by atoms with Gasteiger partial charge in [-0.2, -0.15) is 0 Å². The molecule has 42 heavy (non-hydrogen) atoms. The monoisotopic (exact) mass is 571 g/mol. The largest absolute Gasteiger partial charge is 0.361 e. The van der Waals surface area contributed by atoms with Crippen LogP contribution in [0.15, 0.2) is 79.3 Å². The van der Waals surface area contributed by atoms with Gasteiger partial charge in [0.15, 0.2) is 5.78 Å². The summed E-state index contributed by atoms with van der Waals surface area (Å²) in [5.41, 5.74) is 0.767. The molecule has 10 heteroatoms. The fraction of sp³-hybridized carbons (Fsp3) is 0.375. The first-order chi connectivity index (χ1) is 20.1. The van der Waals surface area contributed by atoms with Crippen molar-refractivity contribution >= 4 is 23.5 Å². The lowest BCUT2D eigenvalue weighted by Gasteiger charge is -2.25. The molecule has 3 aromatic rings. The van der Waals surface area contributed by atoms with E-state index in [0.29, 0.717) is 18.6 Å². The molecule has 1 aromatic heterocycles. The predicted octanol–water partition coefficient (Wildman–Crippen LogP) is 2.95. The summed E-state index contributed by atoms with van der Waals surface area (Å²) in [6.07, 6.45) is 4.77. The number of benzene rings is 2. The van der Waals surface area contributed by atoms with Crippen LogP contribution in [0.1, 0.15) is 61.3 Å². The molecule has 220 valence electrons. The topological polar surface area (TPSA) is 143 Å². The first kappa shape index (κ1) is 30.5. The van der Waals surface area contributed by atoms with Crippen LogP contribution in [0.2, 0.25) is 0 Å². The van der Waals surface area contributed by atoms with E-state index in [1.165, 1.54) is 18.6 Å². The maximum absolute atomic E-state index is 13.7. The maximum Gasteiger partial charge on any atom is 0.272 e. The van der Waals surface area contributed by atoms with E-state index in [1.807, 2.05) is 74.5 Å². The van der Waals surface area contributed by atoms with Crippen molar-refractivity contribution in [3.63, 3.8) is 0 Å². The second-order valence-electron chi connectivity index (χ2n) is 11.1. The summed E-state index contributed by atoms with van der Waals surface area (Å²) in [6.45, 7) is 6.03. The number of Topliss-reactive ketones (excluding diaryl/α,β-unsaturated/α-hetero) is 1. The van der Waals surface area contributed by atoms with Crippen molar-refractivity contribution in [2.24, 2.45) is 5.92 Å². The quantitative estimate of drug-likeness (QED) is 0.253. The van der Waals surface area contributed by atoms with Crippen molar-refractivity contribution in [3.05, 3.63) is 96.1 Å². The van der Waals surface area contributed by atoms with E-state index >= 15 is 0 Å². The SMILES string of the molecule is CC(C)C[C@H](NC(=O)CC(NC(=O)[C@H](Cc1ccccc1)NC(=O)c1cnccn1)c1ccccc1)C(=O)[C@@]1(C)CO1. The molecule has 1 fully saturated rings. The van der Waals surface area contributed by atoms with Gasteiger partial charge in [0, 0.05) is 18.8 Å². The van der Waals surface area contributed by atoms with Crippen LogP contribution in [0.4, 0.5) is 0 Å². The number of aromatic nitrogens is 2. The van der Waals surface area contributed by atoms with Crippen LogP contribution in [-0.2, 0) is 25.5 Å². The highest BCUT2D eigenvalue weighted by Crippen LogP contribution is 2.30. The third-order valence-corrected chi connectivity index (χ3v) is 7.07. The maximum atomic E-state index is 13.7. The number of carbonyl (C=O) groups is 4. The normalized spacial score (nSPS) is 17.9. The number of amides is 3. The van der Waals surface area contributed by atoms with Gasteiger partial charge in [-0.3, -0.25) is 24.2 Å². The molecule has 0 saturated carbocycles. The van der Waals surface area contributed by atoms with E-state index in [4.69, 9.17) is 4.74 Å². The molecule has 0 bridgehead atoms. The number of epoxide rings is 1. The summed E-state index contributed by atoms with van der Waals surface area (Å²) in [4.78, 5) is 61.0. The van der Waals surface area contributed by atoms with Gasteiger partial charge in [-0.05, 0) is 30.4 Å². The molecule has 0 spiro atoms. The van der Waals surface area contributed by atoms with Crippen LogP contribution < -0.4 is 16.0 Å². The van der Waals surface area contributed by atoms with E-state index in [0.717, 1.165) is 5.56 Å². The zero-order valence-corrected chi connectivity index (χ0v) is 24.1. The first-order valence-electron chi connectivity index (χ1n) is 14.1. The molecule has 1 aliphatic heterocycles. The zero-order valence-electron chi connectivity index (χ0n) is 24.1. The van der Waals surface area contributed by atoms with E-state index < -0.39 is 35.5 Å². The van der Waals surface area contributed by atoms with Crippen LogP contribution >= 0.6 is 0 Å². The van der Waals surface area contributed by atoms with Gasteiger partial charge in [0.2, 0.25) is 11.8 Å². The van der Waals surface area contributed by atoms with E-state index in [9.17, 15) is 19.2 Å². The number of ketones is 1. The Balaban J connectivity index is 1.52. The van der Waals surface area contributed by atoms with Gasteiger partial charge >= 0.3 is 0 Å². The molecule has 1 unspecified atom stereocenters. The molecule has 2 heterocycles. The van der Waals surface area contributed by atoms with Gasteiger partial charge < -0.3 is 20.7 Å². The van der Waals surface area contributed by atoms with Gasteiger partial charge in [-0.25, -0.2) is 4.98 Å². The molecule has 4 rings (SSSR count). The van der Waals surface area contributed by atoms with Crippen LogP contribution in [0, 0.1) is 5.92 Å². The van der Waals surface area contributed by atoms with E-state index in [1.54, 1.807) is 6.92 Å². The molecule has 2 aromatic carbocycles. The van der Waals surface area contributed by atoms with Gasteiger partial charge in [-0.1, -0.05) is 74.5 Å². The Morgan fingerprint density at radius 2 is 1.57 bits per heavy atom. The molecular formula is C32H37N5O5. The first-order valence-corrected chi connectivity index (χ1v) is 14.1. The summed E-state index contributed by atoms with van der Waals surface area (Å²) >= 11 is 0. The number of ether oxygens (including phenoxy) is 1. The van der Waals surface area contributed by atoms with Crippen molar-refractivity contribution in [1.29, 1.82) is 0 Å². The van der Waals surface area contributed by atoms with Crippen LogP contribution in [0.3, 0.4) is 0 Å². The van der Waals surface area contributed by atoms with Gasteiger partial charge in [0.1, 0.15) is 17.3 Å². The number of hydrogen-bond donors (Lipinski definition) is 3. The third-order valence-electron chi connectivity index (χ3n) is 7.07. The Kier molecular flexibility index (Phi) is 10.1. The summed E-state index contributed by atoms with van der Waals surface area (Å²) in [7, 11) is 0. The highest BCUT2D eigenvalue weighted by atomic mass is 16.6. The number of nitrogens with zero attached hydrogens (tertiary/aromatic N) is 2. The molecular weight excluding hydrogens is 534 g/mol. The summed E-state index contributed by atoms with van der Waals surface area (Å²) in [5, 5.41) is 8.62. The molecule has 3 amide bonds. The molecule has 0 aliphatic carbocycles. The fourth-order valence-corrected chi connectivity index (χ4v) is 4.68. The number of hydrogen-bond acceptors (Lipinski definition) is 7. The van der Waals surface area contributed by atoms with Gasteiger partial charge in [-0.15, -0.1) is 0 Å². The van der Waals surface area contributed by atoms with E-state index in [-0.39, 0.29) is 36.1 Å². The minimum absolute atomic E-state index is 0.0801. The van der Waals surface area contributed by atoms with Gasteiger partial charge in [0.25, 0.3) is 5.91 Å². The van der Waals surface area contributed by atoms with Crippen LogP contribution in [-0.4, -0.2) is 57.8 Å². The minimum Gasteiger partial charge on any atom is -0.361 e. The van der Waals surface area contributed by atoms with Crippen molar-refractivity contribution in [2.75, 3.05) is 6.61 Å². The highest BCUT2D eigenvalue weighted by Gasteiger charge is 2.50. The Labute approximate surface area is 245 Å². The summed E-state index contributed by atoms with van der Waals surface area (Å²) < 4.78 is 5.34. The smallest absolute Gasteiger partial charge is 0.272 e. The number of carbonyl (C=O) groups excluding carboxylic acids is 4. The van der Waals surface area contributed by atoms with Crippen molar-refractivity contribution in [1.82, 2.24) is 25.9 Å². The van der Waals surface area contributed by atoms with E-state index in [2.05, 4.69) is 25.9 Å². The fourth-order valence-electron chi connectivity index (χ4n) is 4.68.